The summed E-state index contributed by atoms with van der Waals surface area (Å²) in [6, 6.07) is 16.8. The molecule has 5 aromatic rings. The number of carbonyl (C=O) groups is 2. The molecule has 0 saturated carbocycles. The van der Waals surface area contributed by atoms with Crippen LogP contribution in [0, 0.1) is 5.92 Å². The van der Waals surface area contributed by atoms with Crippen LogP contribution in [0.4, 0.5) is 9.59 Å². The molecule has 0 bridgehead atoms. The maximum Gasteiger partial charge on any atom is 0.411 e. The Kier molecular flexibility index (Phi) is 8.24. The van der Waals surface area contributed by atoms with Crippen LogP contribution in [0.5, 0.6) is 0 Å². The predicted octanol–water partition coefficient (Wildman–Crippen LogP) is 9.61. The van der Waals surface area contributed by atoms with Gasteiger partial charge in [0.2, 0.25) is 0 Å². The molecular formula is C38H46N6O4S. The number of thiophene rings is 1. The first-order valence-electron chi connectivity index (χ1n) is 17.2. The van der Waals surface area contributed by atoms with Gasteiger partial charge in [-0.15, -0.1) is 11.3 Å². The topological polar surface area (TPSA) is 116 Å². The molecule has 258 valence electrons. The van der Waals surface area contributed by atoms with E-state index in [1.807, 2.05) is 57.4 Å². The van der Waals surface area contributed by atoms with Crippen LogP contribution in [-0.2, 0) is 9.47 Å². The molecule has 2 fully saturated rings. The monoisotopic (exact) mass is 682 g/mol. The zero-order chi connectivity index (χ0) is 34.8. The molecule has 2 saturated heterocycles. The van der Waals surface area contributed by atoms with E-state index in [1.165, 1.54) is 0 Å². The van der Waals surface area contributed by atoms with Crippen molar-refractivity contribution in [2.75, 3.05) is 6.54 Å². The Balaban J connectivity index is 1.07. The maximum atomic E-state index is 13.1. The first-order valence-corrected chi connectivity index (χ1v) is 18.0. The van der Waals surface area contributed by atoms with Crippen LogP contribution in [0.3, 0.4) is 0 Å². The molecular weight excluding hydrogens is 637 g/mol. The zero-order valence-corrected chi connectivity index (χ0v) is 30.4. The molecule has 2 amide bonds. The van der Waals surface area contributed by atoms with E-state index < -0.39 is 11.2 Å². The van der Waals surface area contributed by atoms with Crippen LogP contribution in [-0.4, -0.2) is 65.7 Å². The number of benzene rings is 2. The van der Waals surface area contributed by atoms with Crippen molar-refractivity contribution in [1.82, 2.24) is 29.7 Å². The lowest BCUT2D eigenvalue weighted by atomic mass is 10.0. The third kappa shape index (κ3) is 6.77. The number of amides is 2. The number of likely N-dealkylation sites (tertiary alicyclic amines) is 2. The number of fused-ring (bicyclic) bond motifs is 2. The molecule has 4 unspecified atom stereocenters. The first-order chi connectivity index (χ1) is 23.1. The lowest BCUT2D eigenvalue weighted by Gasteiger charge is -2.30. The lowest BCUT2D eigenvalue weighted by Crippen LogP contribution is -2.40. The highest BCUT2D eigenvalue weighted by molar-refractivity contribution is 7.21. The van der Waals surface area contributed by atoms with Gasteiger partial charge in [-0.05, 0) is 109 Å². The van der Waals surface area contributed by atoms with Gasteiger partial charge in [-0.3, -0.25) is 9.80 Å². The lowest BCUT2D eigenvalue weighted by molar-refractivity contribution is 0.0150. The predicted molar refractivity (Wildman–Crippen MR) is 193 cm³/mol. The number of nitrogens with one attached hydrogen (secondary N) is 2. The molecule has 0 radical (unpaired) electrons. The minimum atomic E-state index is -0.554. The molecule has 3 aromatic heterocycles. The smallest absolute Gasteiger partial charge is 0.411 e. The van der Waals surface area contributed by atoms with Crippen LogP contribution in [0.25, 0.3) is 42.9 Å². The van der Waals surface area contributed by atoms with E-state index in [4.69, 9.17) is 19.4 Å². The Morgan fingerprint density at radius 3 is 2.10 bits per heavy atom. The van der Waals surface area contributed by atoms with Crippen molar-refractivity contribution < 1.29 is 19.1 Å². The Labute approximate surface area is 291 Å². The van der Waals surface area contributed by atoms with E-state index in [9.17, 15) is 9.59 Å². The van der Waals surface area contributed by atoms with Crippen LogP contribution in [0.1, 0.15) is 98.4 Å². The largest absolute Gasteiger partial charge is 0.444 e. The second-order valence-corrected chi connectivity index (χ2v) is 16.7. The van der Waals surface area contributed by atoms with Crippen LogP contribution in [0.2, 0.25) is 0 Å². The highest BCUT2D eigenvalue weighted by atomic mass is 32.1. The van der Waals surface area contributed by atoms with Crippen molar-refractivity contribution in [3.8, 4) is 21.6 Å². The molecule has 49 heavy (non-hydrogen) atoms. The number of imidazole rings is 2. The first kappa shape index (κ1) is 33.1. The summed E-state index contributed by atoms with van der Waals surface area (Å²) in [5, 5.41) is 0. The number of aromatic nitrogens is 4. The van der Waals surface area contributed by atoms with Gasteiger partial charge in [-0.25, -0.2) is 19.6 Å². The fourth-order valence-corrected chi connectivity index (χ4v) is 8.03. The van der Waals surface area contributed by atoms with Gasteiger partial charge in [-0.2, -0.15) is 0 Å². The van der Waals surface area contributed by atoms with Crippen LogP contribution in [0.15, 0.2) is 48.5 Å². The van der Waals surface area contributed by atoms with Gasteiger partial charge < -0.3 is 19.4 Å². The standard InChI is InChI=1S/C38H46N6O4S/c1-21-17-30(43(20-21)35(45)47-37(3,4)5)33-41-28-19-31(49-34(28)42-33)24-12-10-23(11-13-24)25-14-15-26-27(18-25)40-32(39-26)29-16-9-22(2)44(29)36(46)48-38(6,7)8/h10-15,18-19,21-22,29-30H,9,16-17,20H2,1-8H3,(H,39,40)(H,41,42). The molecule has 11 heteroatoms. The summed E-state index contributed by atoms with van der Waals surface area (Å²) in [5.41, 5.74) is 5.01. The fraction of sp³-hybridized carbons (Fsp3) is 0.474. The molecule has 0 aliphatic carbocycles. The second kappa shape index (κ2) is 12.2. The summed E-state index contributed by atoms with van der Waals surface area (Å²) in [5.74, 6) is 1.98. The highest BCUT2D eigenvalue weighted by Crippen LogP contribution is 2.40. The molecule has 4 atom stereocenters. The van der Waals surface area contributed by atoms with E-state index in [2.05, 4.69) is 66.3 Å². The normalized spacial score (nSPS) is 21.6. The molecule has 2 N–H and O–H groups in total. The molecule has 2 aromatic carbocycles. The molecule has 2 aliphatic rings. The SMILES string of the molecule is CC1CC(c2nc3sc(-c4ccc(-c5ccc6nc(C7CCC(C)N7C(=O)OC(C)(C)C)[nH]c6c5)cc4)cc3[nH]2)N(C(=O)OC(C)(C)C)C1. The number of nitrogens with zero attached hydrogens (tertiary/aromatic N) is 4. The molecule has 10 nitrogen and oxygen atoms in total. The molecule has 7 rings (SSSR count). The number of hydrogen-bond donors (Lipinski definition) is 2. The zero-order valence-electron chi connectivity index (χ0n) is 29.6. The quantitative estimate of drug-likeness (QED) is 0.195. The van der Waals surface area contributed by atoms with E-state index in [-0.39, 0.29) is 30.3 Å². The van der Waals surface area contributed by atoms with Gasteiger partial charge >= 0.3 is 12.2 Å². The van der Waals surface area contributed by atoms with Crippen molar-refractivity contribution in [1.29, 1.82) is 0 Å². The number of hydrogen-bond acceptors (Lipinski definition) is 7. The van der Waals surface area contributed by atoms with Crippen LogP contribution >= 0.6 is 11.3 Å². The number of ether oxygens (including phenoxy) is 2. The van der Waals surface area contributed by atoms with E-state index in [1.54, 1.807) is 11.3 Å². The average Bonchev–Trinajstić information content (AvgIpc) is 3.82. The van der Waals surface area contributed by atoms with Crippen molar-refractivity contribution in [2.24, 2.45) is 5.92 Å². The van der Waals surface area contributed by atoms with Gasteiger partial charge in [0, 0.05) is 17.5 Å². The summed E-state index contributed by atoms with van der Waals surface area (Å²) >= 11 is 1.65. The van der Waals surface area contributed by atoms with Gasteiger partial charge in [0.1, 0.15) is 27.7 Å². The van der Waals surface area contributed by atoms with E-state index >= 15 is 0 Å². The molecule has 0 spiro atoms. The fourth-order valence-electron chi connectivity index (χ4n) is 7.03. The number of aromatic amines is 2. The summed E-state index contributed by atoms with van der Waals surface area (Å²) in [4.78, 5) is 48.6. The molecule has 2 aliphatic heterocycles. The number of H-pyrrole nitrogens is 2. The summed E-state index contributed by atoms with van der Waals surface area (Å²) in [6.45, 7) is 16.2. The van der Waals surface area contributed by atoms with Gasteiger partial charge in [-0.1, -0.05) is 37.3 Å². The van der Waals surface area contributed by atoms with Crippen molar-refractivity contribution in [3.63, 3.8) is 0 Å². The third-order valence-electron chi connectivity index (χ3n) is 9.24. The Morgan fingerprint density at radius 1 is 0.776 bits per heavy atom. The maximum absolute atomic E-state index is 13.1. The number of rotatable bonds is 4. The summed E-state index contributed by atoms with van der Waals surface area (Å²) in [6.07, 6.45) is 2.01. The number of carbonyl (C=O) groups excluding carboxylic acids is 2. The van der Waals surface area contributed by atoms with E-state index in [0.717, 1.165) is 73.9 Å². The van der Waals surface area contributed by atoms with Gasteiger partial charge in [0.05, 0.1) is 28.6 Å². The molecule has 5 heterocycles. The highest BCUT2D eigenvalue weighted by Gasteiger charge is 2.40. The third-order valence-corrected chi connectivity index (χ3v) is 10.3. The second-order valence-electron chi connectivity index (χ2n) is 15.7. The van der Waals surface area contributed by atoms with Gasteiger partial charge in [0.25, 0.3) is 0 Å². The Bertz CT molecular complexity index is 1980. The summed E-state index contributed by atoms with van der Waals surface area (Å²) in [7, 11) is 0. The van der Waals surface area contributed by atoms with Crippen molar-refractivity contribution in [3.05, 3.63) is 60.2 Å². The van der Waals surface area contributed by atoms with Crippen LogP contribution < -0.4 is 0 Å². The minimum Gasteiger partial charge on any atom is -0.444 e. The van der Waals surface area contributed by atoms with Gasteiger partial charge in [0.15, 0.2) is 0 Å². The van der Waals surface area contributed by atoms with E-state index in [0.29, 0.717) is 12.5 Å². The van der Waals surface area contributed by atoms with Crippen molar-refractivity contribution >= 4 is 44.9 Å². The summed E-state index contributed by atoms with van der Waals surface area (Å²) < 4.78 is 11.4. The van der Waals surface area contributed by atoms with Crippen molar-refractivity contribution in [2.45, 2.75) is 104 Å². The Hall–Kier alpha value is -4.38. The minimum absolute atomic E-state index is 0.0851. The average molecular weight is 683 g/mol. The Morgan fingerprint density at radius 2 is 1.41 bits per heavy atom.